The van der Waals surface area contributed by atoms with Crippen molar-refractivity contribution in [1.29, 1.82) is 0 Å². The maximum Gasteiger partial charge on any atom is 1.00 e. The molecule has 0 rings (SSSR count). The molecular weight excluding hydrogens is 651 g/mol. The van der Waals surface area contributed by atoms with E-state index in [1.165, 1.54) is 63.5 Å². The molecule has 2 atom stereocenters. The first kappa shape index (κ1) is 52.7. The minimum atomic E-state index is -1.30. The van der Waals surface area contributed by atoms with Crippen LogP contribution < -0.4 is 124 Å². The molecule has 0 saturated heterocycles. The summed E-state index contributed by atoms with van der Waals surface area (Å²) in [5.74, 6) is -5.99. The van der Waals surface area contributed by atoms with Crippen LogP contribution >= 0.6 is 0 Å². The Kier molecular flexibility index (Phi) is 43.2. The van der Waals surface area contributed by atoms with Gasteiger partial charge >= 0.3 is 127 Å². The Morgan fingerprint density at radius 1 is 0.565 bits per heavy atom. The molecule has 252 valence electrons. The fraction of sp³-hybridized carbons (Fsp3) is 0.688. The normalized spacial score (nSPS) is 11.7. The molecule has 0 fully saturated rings. The van der Waals surface area contributed by atoms with Gasteiger partial charge in [-0.1, -0.05) is 90.2 Å². The van der Waals surface area contributed by atoms with Crippen LogP contribution in [0.4, 0.5) is 0 Å². The van der Waals surface area contributed by atoms with Gasteiger partial charge < -0.3 is 40.7 Å². The smallest absolute Gasteiger partial charge is 0.550 e. The Balaban J connectivity index is -0.000000367. The molecule has 0 aromatic rings. The van der Waals surface area contributed by atoms with Crippen molar-refractivity contribution in [2.24, 2.45) is 11.5 Å². The Morgan fingerprint density at radius 2 is 0.870 bits per heavy atom. The first-order chi connectivity index (χ1) is 20.9. The molecule has 46 heavy (non-hydrogen) atoms. The number of hydrogen-bond donors (Lipinski definition) is 2. The molecule has 0 spiro atoms. The quantitative estimate of drug-likeness (QED) is 0.0328. The van der Waals surface area contributed by atoms with Gasteiger partial charge in [0.1, 0.15) is 12.1 Å². The van der Waals surface area contributed by atoms with Crippen molar-refractivity contribution < 1.29 is 151 Å². The van der Waals surface area contributed by atoms with Crippen LogP contribution in [0.3, 0.4) is 0 Å². The van der Waals surface area contributed by atoms with Gasteiger partial charge in [-0.15, -0.1) is 0 Å². The van der Waals surface area contributed by atoms with Gasteiger partial charge in [0.2, 0.25) is 0 Å². The SMILES string of the molecule is CCCCCCCCC=CC(=O)OC(=O)C(N)CCC(=O)[O-].CCCCCCCCC=CC(=O)OC(=O)C(N)CCC(=O)[O-].[K+].[K+]. The molecule has 14 heteroatoms. The van der Waals surface area contributed by atoms with E-state index in [-0.39, 0.29) is 128 Å². The van der Waals surface area contributed by atoms with Crippen LogP contribution in [0, 0.1) is 0 Å². The fourth-order valence-corrected chi connectivity index (χ4v) is 3.64. The fourth-order valence-electron chi connectivity index (χ4n) is 3.64. The molecular formula is C32H52K2N2O10. The third-order valence-corrected chi connectivity index (χ3v) is 6.28. The summed E-state index contributed by atoms with van der Waals surface area (Å²) in [7, 11) is 0. The van der Waals surface area contributed by atoms with E-state index < -0.39 is 47.9 Å². The van der Waals surface area contributed by atoms with E-state index in [0.717, 1.165) is 38.5 Å². The van der Waals surface area contributed by atoms with Gasteiger partial charge in [0.25, 0.3) is 0 Å². The van der Waals surface area contributed by atoms with Crippen molar-refractivity contribution in [1.82, 2.24) is 0 Å². The third-order valence-electron chi connectivity index (χ3n) is 6.28. The monoisotopic (exact) mass is 702 g/mol. The first-order valence-electron chi connectivity index (χ1n) is 15.7. The minimum absolute atomic E-state index is 0. The van der Waals surface area contributed by atoms with E-state index in [1.807, 2.05) is 0 Å². The van der Waals surface area contributed by atoms with Crippen molar-refractivity contribution in [2.45, 2.75) is 142 Å². The minimum Gasteiger partial charge on any atom is -0.550 e. The van der Waals surface area contributed by atoms with Gasteiger partial charge in [0.05, 0.1) is 0 Å². The number of carboxylic acid groups (broad SMARTS) is 2. The third kappa shape index (κ3) is 38.3. The molecule has 0 bridgehead atoms. The van der Waals surface area contributed by atoms with E-state index in [1.54, 1.807) is 12.2 Å². The molecule has 0 aromatic heterocycles. The predicted octanol–water partition coefficient (Wildman–Crippen LogP) is -3.55. The second-order valence-corrected chi connectivity index (χ2v) is 10.4. The molecule has 2 unspecified atom stereocenters. The van der Waals surface area contributed by atoms with Gasteiger partial charge in [0.15, 0.2) is 0 Å². The van der Waals surface area contributed by atoms with Gasteiger partial charge in [-0.2, -0.15) is 0 Å². The second kappa shape index (κ2) is 37.7. The Hall–Kier alpha value is -0.107. The first-order valence-corrected chi connectivity index (χ1v) is 15.7. The van der Waals surface area contributed by atoms with Gasteiger partial charge in [-0.3, -0.25) is 0 Å². The number of nitrogens with two attached hydrogens (primary N) is 2. The zero-order chi connectivity index (χ0) is 33.6. The summed E-state index contributed by atoms with van der Waals surface area (Å²) in [6.07, 6.45) is 20.3. The predicted molar refractivity (Wildman–Crippen MR) is 161 cm³/mol. The van der Waals surface area contributed by atoms with Crippen LogP contribution in [-0.4, -0.2) is 47.9 Å². The van der Waals surface area contributed by atoms with E-state index in [2.05, 4.69) is 23.3 Å². The summed E-state index contributed by atoms with van der Waals surface area (Å²) >= 11 is 0. The Labute approximate surface area is 359 Å². The van der Waals surface area contributed by atoms with Gasteiger partial charge in [0, 0.05) is 24.1 Å². The van der Waals surface area contributed by atoms with Crippen molar-refractivity contribution in [2.75, 3.05) is 0 Å². The van der Waals surface area contributed by atoms with Crippen LogP contribution in [0.2, 0.25) is 0 Å². The van der Waals surface area contributed by atoms with E-state index >= 15 is 0 Å². The Morgan fingerprint density at radius 3 is 1.17 bits per heavy atom. The molecule has 0 heterocycles. The molecule has 0 aromatic carbocycles. The number of carbonyl (C=O) groups is 6. The van der Waals surface area contributed by atoms with Crippen LogP contribution in [0.1, 0.15) is 129 Å². The average Bonchev–Trinajstić information content (AvgIpc) is 2.97. The average molecular weight is 703 g/mol. The number of unbranched alkanes of at least 4 members (excludes halogenated alkanes) is 12. The number of rotatable bonds is 24. The van der Waals surface area contributed by atoms with Gasteiger partial charge in [-0.25, -0.2) is 19.2 Å². The maximum absolute atomic E-state index is 11.4. The van der Waals surface area contributed by atoms with Gasteiger partial charge in [-0.05, 0) is 51.4 Å². The summed E-state index contributed by atoms with van der Waals surface area (Å²) in [6.45, 7) is 4.33. The van der Waals surface area contributed by atoms with Crippen molar-refractivity contribution >= 4 is 35.8 Å². The summed E-state index contributed by atoms with van der Waals surface area (Å²) in [6, 6.07) is -2.26. The molecule has 0 radical (unpaired) electrons. The number of ether oxygens (including phenoxy) is 2. The van der Waals surface area contributed by atoms with Crippen LogP contribution in [-0.2, 0) is 38.2 Å². The van der Waals surface area contributed by atoms with E-state index in [9.17, 15) is 39.0 Å². The molecule has 4 N–H and O–H groups in total. The van der Waals surface area contributed by atoms with Crippen molar-refractivity contribution in [3.8, 4) is 0 Å². The van der Waals surface area contributed by atoms with E-state index in [0.29, 0.717) is 0 Å². The molecule has 0 saturated carbocycles. The topological polar surface area (TPSA) is 219 Å². The van der Waals surface area contributed by atoms with Crippen LogP contribution in [0.25, 0.3) is 0 Å². The molecule has 0 aliphatic rings. The largest absolute Gasteiger partial charge is 1.00 e. The zero-order valence-electron chi connectivity index (χ0n) is 28.4. The standard InChI is InChI=1S/2C16H27NO5.2K/c2*1-2-3-4-5-6-7-8-9-10-15(20)22-16(21)13(17)11-12-14(18)19;;/h2*9-10,13H,2-8,11-12,17H2,1H3,(H,18,19);;/q;;2*+1/p-2. The summed E-state index contributed by atoms with van der Waals surface area (Å²) in [5, 5.41) is 20.5. The number of allylic oxidation sites excluding steroid dienone is 2. The summed E-state index contributed by atoms with van der Waals surface area (Å²) in [5.41, 5.74) is 10.8. The molecule has 0 aliphatic heterocycles. The van der Waals surface area contributed by atoms with Crippen molar-refractivity contribution in [3.63, 3.8) is 0 Å². The number of hydrogen-bond acceptors (Lipinski definition) is 12. The number of esters is 4. The van der Waals surface area contributed by atoms with Crippen LogP contribution in [0.15, 0.2) is 24.3 Å². The molecule has 12 nitrogen and oxygen atoms in total. The Bertz CT molecular complexity index is 841. The van der Waals surface area contributed by atoms with Crippen LogP contribution in [0.5, 0.6) is 0 Å². The number of carboxylic acids is 2. The zero-order valence-corrected chi connectivity index (χ0v) is 34.7. The molecule has 0 aliphatic carbocycles. The van der Waals surface area contributed by atoms with E-state index in [4.69, 9.17) is 11.5 Å². The maximum atomic E-state index is 11.4. The van der Waals surface area contributed by atoms with Crippen molar-refractivity contribution in [3.05, 3.63) is 24.3 Å². The molecule has 0 amide bonds. The summed E-state index contributed by atoms with van der Waals surface area (Å²) < 4.78 is 9.00. The number of carbonyl (C=O) groups excluding carboxylic acids is 6. The second-order valence-electron chi connectivity index (χ2n) is 10.4. The number of aliphatic carboxylic acids is 2. The summed E-state index contributed by atoms with van der Waals surface area (Å²) in [4.78, 5) is 66.0.